The van der Waals surface area contributed by atoms with Gasteiger partial charge < -0.3 is 11.1 Å². The number of hydrogen-bond donors (Lipinski definition) is 2. The predicted molar refractivity (Wildman–Crippen MR) is 52.9 cm³/mol. The van der Waals surface area contributed by atoms with Crippen molar-refractivity contribution in [2.45, 2.75) is 19.9 Å². The van der Waals surface area contributed by atoms with Crippen LogP contribution in [0.5, 0.6) is 0 Å². The Hall–Kier alpha value is -0.840. The maximum Gasteiger partial charge on any atom is 0.146 e. The summed E-state index contributed by atoms with van der Waals surface area (Å²) in [6.45, 7) is 4.06. The van der Waals surface area contributed by atoms with Crippen molar-refractivity contribution in [3.05, 3.63) is 10.8 Å². The first-order valence-corrected chi connectivity index (χ1v) is 4.43. The second-order valence-electron chi connectivity index (χ2n) is 2.72. The van der Waals surface area contributed by atoms with Gasteiger partial charge in [-0.25, -0.2) is 9.97 Å². The number of nitrogens with one attached hydrogen (secondary N) is 1. The molecule has 1 aromatic rings. The summed E-state index contributed by atoms with van der Waals surface area (Å²) in [4.78, 5) is 7.86. The minimum Gasteiger partial charge on any atom is -0.383 e. The second-order valence-corrected chi connectivity index (χ2v) is 3.51. The van der Waals surface area contributed by atoms with E-state index in [-0.39, 0.29) is 0 Å². The molecule has 0 aromatic carbocycles. The van der Waals surface area contributed by atoms with Crippen LogP contribution < -0.4 is 11.1 Å². The molecule has 66 valence electrons. The first kappa shape index (κ1) is 9.25. The van der Waals surface area contributed by atoms with Gasteiger partial charge in [0, 0.05) is 6.04 Å². The number of nitrogens with zero attached hydrogens (tertiary/aromatic N) is 2. The largest absolute Gasteiger partial charge is 0.383 e. The van der Waals surface area contributed by atoms with Gasteiger partial charge in [-0.1, -0.05) is 0 Å². The average molecular weight is 231 g/mol. The van der Waals surface area contributed by atoms with Gasteiger partial charge in [0.1, 0.15) is 22.4 Å². The Bertz CT molecular complexity index is 274. The van der Waals surface area contributed by atoms with Crippen molar-refractivity contribution >= 4 is 27.6 Å². The van der Waals surface area contributed by atoms with Gasteiger partial charge in [0.05, 0.1) is 0 Å². The highest BCUT2D eigenvalue weighted by molar-refractivity contribution is 9.10. The van der Waals surface area contributed by atoms with Crippen LogP contribution in [0, 0.1) is 0 Å². The molecule has 5 heteroatoms. The lowest BCUT2D eigenvalue weighted by atomic mass is 10.4. The maximum absolute atomic E-state index is 5.56. The van der Waals surface area contributed by atoms with Crippen molar-refractivity contribution in [1.29, 1.82) is 0 Å². The zero-order valence-electron chi connectivity index (χ0n) is 7.00. The molecule has 0 amide bonds. The summed E-state index contributed by atoms with van der Waals surface area (Å²) >= 11 is 3.30. The maximum atomic E-state index is 5.56. The van der Waals surface area contributed by atoms with Crippen molar-refractivity contribution < 1.29 is 0 Å². The molecule has 0 unspecified atom stereocenters. The van der Waals surface area contributed by atoms with Crippen LogP contribution in [0.15, 0.2) is 10.8 Å². The minimum atomic E-state index is 0.329. The van der Waals surface area contributed by atoms with E-state index in [9.17, 15) is 0 Å². The zero-order chi connectivity index (χ0) is 9.14. The third kappa shape index (κ3) is 2.07. The van der Waals surface area contributed by atoms with Gasteiger partial charge >= 0.3 is 0 Å². The van der Waals surface area contributed by atoms with Crippen molar-refractivity contribution in [1.82, 2.24) is 9.97 Å². The molecule has 0 fully saturated rings. The Morgan fingerprint density at radius 1 is 1.50 bits per heavy atom. The summed E-state index contributed by atoms with van der Waals surface area (Å²) in [5.41, 5.74) is 5.56. The summed E-state index contributed by atoms with van der Waals surface area (Å²) in [6.07, 6.45) is 1.44. The van der Waals surface area contributed by atoms with Gasteiger partial charge in [0.2, 0.25) is 0 Å². The highest BCUT2D eigenvalue weighted by atomic mass is 79.9. The van der Waals surface area contributed by atoms with Gasteiger partial charge in [-0.3, -0.25) is 0 Å². The van der Waals surface area contributed by atoms with E-state index in [4.69, 9.17) is 5.73 Å². The number of rotatable bonds is 2. The quantitative estimate of drug-likeness (QED) is 0.812. The van der Waals surface area contributed by atoms with Crippen LogP contribution in [-0.4, -0.2) is 16.0 Å². The molecule has 0 bridgehead atoms. The van der Waals surface area contributed by atoms with E-state index in [1.165, 1.54) is 6.33 Å². The smallest absolute Gasteiger partial charge is 0.146 e. The van der Waals surface area contributed by atoms with E-state index in [2.05, 4.69) is 31.2 Å². The van der Waals surface area contributed by atoms with Crippen molar-refractivity contribution in [3.63, 3.8) is 0 Å². The number of anilines is 2. The van der Waals surface area contributed by atoms with Gasteiger partial charge in [-0.05, 0) is 29.8 Å². The second kappa shape index (κ2) is 3.71. The Kier molecular flexibility index (Phi) is 2.86. The van der Waals surface area contributed by atoms with E-state index < -0.39 is 0 Å². The highest BCUT2D eigenvalue weighted by Crippen LogP contribution is 2.24. The lowest BCUT2D eigenvalue weighted by Crippen LogP contribution is -2.12. The SMILES string of the molecule is CC(C)Nc1ncnc(N)c1Br. The molecule has 3 N–H and O–H groups in total. The van der Waals surface area contributed by atoms with Gasteiger partial charge in [-0.2, -0.15) is 0 Å². The fourth-order valence-corrected chi connectivity index (χ4v) is 1.08. The predicted octanol–water partition coefficient (Wildman–Crippen LogP) is 1.64. The molecule has 12 heavy (non-hydrogen) atoms. The number of nitrogens with two attached hydrogens (primary N) is 1. The van der Waals surface area contributed by atoms with E-state index in [1.54, 1.807) is 0 Å². The number of nitrogen functional groups attached to an aromatic ring is 1. The van der Waals surface area contributed by atoms with E-state index in [1.807, 2.05) is 13.8 Å². The van der Waals surface area contributed by atoms with Gasteiger partial charge in [0.25, 0.3) is 0 Å². The van der Waals surface area contributed by atoms with Crippen LogP contribution in [0.2, 0.25) is 0 Å². The molecule has 1 rings (SSSR count). The topological polar surface area (TPSA) is 63.8 Å². The van der Waals surface area contributed by atoms with Crippen LogP contribution in [0.25, 0.3) is 0 Å². The molecule has 0 saturated heterocycles. The Morgan fingerprint density at radius 2 is 2.17 bits per heavy atom. The summed E-state index contributed by atoms with van der Waals surface area (Å²) in [5, 5.41) is 3.14. The summed E-state index contributed by atoms with van der Waals surface area (Å²) < 4.78 is 0.721. The minimum absolute atomic E-state index is 0.329. The number of aromatic nitrogens is 2. The van der Waals surface area contributed by atoms with Crippen molar-refractivity contribution in [2.24, 2.45) is 0 Å². The normalized spacial score (nSPS) is 10.3. The Morgan fingerprint density at radius 3 is 2.75 bits per heavy atom. The Labute approximate surface area is 79.7 Å². The van der Waals surface area contributed by atoms with Crippen LogP contribution >= 0.6 is 15.9 Å². The van der Waals surface area contributed by atoms with Crippen LogP contribution in [-0.2, 0) is 0 Å². The molecule has 1 aromatic heterocycles. The molecule has 0 aliphatic rings. The summed E-state index contributed by atoms with van der Waals surface area (Å²) in [5.74, 6) is 1.19. The Balaban J connectivity index is 2.92. The summed E-state index contributed by atoms with van der Waals surface area (Å²) in [7, 11) is 0. The van der Waals surface area contributed by atoms with Crippen molar-refractivity contribution in [2.75, 3.05) is 11.1 Å². The number of hydrogen-bond acceptors (Lipinski definition) is 4. The monoisotopic (exact) mass is 230 g/mol. The van der Waals surface area contributed by atoms with Gasteiger partial charge in [0.15, 0.2) is 0 Å². The highest BCUT2D eigenvalue weighted by Gasteiger charge is 2.05. The molecule has 0 radical (unpaired) electrons. The first-order chi connectivity index (χ1) is 5.61. The molecular formula is C7H11BrN4. The molecule has 0 atom stereocenters. The van der Waals surface area contributed by atoms with Crippen LogP contribution in [0.3, 0.4) is 0 Å². The molecule has 0 saturated carbocycles. The molecule has 1 heterocycles. The third-order valence-electron chi connectivity index (χ3n) is 1.24. The molecule has 0 spiro atoms. The lowest BCUT2D eigenvalue weighted by molar-refractivity contribution is 0.884. The van der Waals surface area contributed by atoms with Crippen LogP contribution in [0.4, 0.5) is 11.6 Å². The fourth-order valence-electron chi connectivity index (χ4n) is 0.758. The van der Waals surface area contributed by atoms with E-state index in [0.717, 1.165) is 10.3 Å². The molecule has 0 aliphatic heterocycles. The average Bonchev–Trinajstić information content (AvgIpc) is 1.98. The summed E-state index contributed by atoms with van der Waals surface area (Å²) in [6, 6.07) is 0.329. The first-order valence-electron chi connectivity index (χ1n) is 3.63. The van der Waals surface area contributed by atoms with Crippen molar-refractivity contribution in [3.8, 4) is 0 Å². The molecular weight excluding hydrogens is 220 g/mol. The van der Waals surface area contributed by atoms with Crippen LogP contribution in [0.1, 0.15) is 13.8 Å². The fraction of sp³-hybridized carbons (Fsp3) is 0.429. The number of halogens is 1. The standard InChI is InChI=1S/C7H11BrN4/c1-4(2)12-7-5(8)6(9)10-3-11-7/h3-4H,1-2H3,(H3,9,10,11,12). The third-order valence-corrected chi connectivity index (χ3v) is 2.02. The molecule has 0 aliphatic carbocycles. The van der Waals surface area contributed by atoms with E-state index in [0.29, 0.717) is 11.9 Å². The molecule has 4 nitrogen and oxygen atoms in total. The zero-order valence-corrected chi connectivity index (χ0v) is 8.59. The lowest BCUT2D eigenvalue weighted by Gasteiger charge is -2.10. The van der Waals surface area contributed by atoms with E-state index >= 15 is 0 Å². The van der Waals surface area contributed by atoms with Gasteiger partial charge in [-0.15, -0.1) is 0 Å².